The van der Waals surface area contributed by atoms with E-state index >= 15 is 0 Å². The minimum atomic E-state index is -0.0757. The molecule has 0 atom stereocenters. The maximum absolute atomic E-state index is 11.8. The molecule has 0 aliphatic heterocycles. The minimum absolute atomic E-state index is 0.0757. The van der Waals surface area contributed by atoms with Gasteiger partial charge in [-0.1, -0.05) is 58.4 Å². The number of halogens is 1. The van der Waals surface area contributed by atoms with Crippen LogP contribution < -0.4 is 5.43 Å². The number of hydrogen-bond acceptors (Lipinski definition) is 2. The van der Waals surface area contributed by atoms with E-state index in [0.29, 0.717) is 6.42 Å². The van der Waals surface area contributed by atoms with Gasteiger partial charge in [-0.25, -0.2) is 5.43 Å². The molecule has 2 aromatic carbocycles. The Bertz CT molecular complexity index is 638. The van der Waals surface area contributed by atoms with Gasteiger partial charge in [0.15, 0.2) is 0 Å². The highest BCUT2D eigenvalue weighted by atomic mass is 79.9. The summed E-state index contributed by atoms with van der Waals surface area (Å²) in [6.07, 6.45) is 1.15. The summed E-state index contributed by atoms with van der Waals surface area (Å²) < 4.78 is 0.991. The van der Waals surface area contributed by atoms with Gasteiger partial charge in [-0.2, -0.15) is 5.10 Å². The number of carbonyl (C=O) groups excluding carboxylic acids is 1. The van der Waals surface area contributed by atoms with Crippen molar-refractivity contribution >= 4 is 27.5 Å². The fourth-order valence-electron chi connectivity index (χ4n) is 1.88. The number of hydrogen-bond donors (Lipinski definition) is 1. The highest BCUT2D eigenvalue weighted by Crippen LogP contribution is 2.12. The van der Waals surface area contributed by atoms with Crippen molar-refractivity contribution in [1.82, 2.24) is 5.43 Å². The van der Waals surface area contributed by atoms with Crippen molar-refractivity contribution in [3.05, 3.63) is 70.2 Å². The van der Waals surface area contributed by atoms with Gasteiger partial charge in [0.25, 0.3) is 0 Å². The first kappa shape index (κ1) is 15.4. The largest absolute Gasteiger partial charge is 0.273 e. The Morgan fingerprint density at radius 1 is 1.14 bits per heavy atom. The Hall–Kier alpha value is -1.94. The zero-order valence-corrected chi connectivity index (χ0v) is 13.4. The predicted molar refractivity (Wildman–Crippen MR) is 89.3 cm³/mol. The lowest BCUT2D eigenvalue weighted by atomic mass is 10.1. The van der Waals surface area contributed by atoms with E-state index in [1.54, 1.807) is 0 Å². The summed E-state index contributed by atoms with van der Waals surface area (Å²) in [6.45, 7) is 1.87. The fraction of sp³-hybridized carbons (Fsp3) is 0.176. The molecule has 0 saturated heterocycles. The predicted octanol–water partition coefficient (Wildman–Crippen LogP) is 3.92. The first-order valence-electron chi connectivity index (χ1n) is 6.78. The SMILES string of the molecule is C/C(=N\NC(=O)CCc1ccccc1)c1cccc(Br)c1. The van der Waals surface area contributed by atoms with Gasteiger partial charge in [-0.05, 0) is 36.6 Å². The number of nitrogens with one attached hydrogen (secondary N) is 1. The van der Waals surface area contributed by atoms with Crippen molar-refractivity contribution in [2.75, 3.05) is 0 Å². The normalized spacial score (nSPS) is 11.2. The summed E-state index contributed by atoms with van der Waals surface area (Å²) in [5, 5.41) is 4.14. The van der Waals surface area contributed by atoms with Crippen molar-refractivity contribution in [2.45, 2.75) is 19.8 Å². The number of benzene rings is 2. The summed E-state index contributed by atoms with van der Waals surface area (Å²) in [5.74, 6) is -0.0757. The molecular formula is C17H17BrN2O. The summed E-state index contributed by atoms with van der Waals surface area (Å²) in [6, 6.07) is 17.8. The lowest BCUT2D eigenvalue weighted by molar-refractivity contribution is -0.121. The third-order valence-electron chi connectivity index (χ3n) is 3.07. The number of rotatable bonds is 5. The van der Waals surface area contributed by atoms with Crippen molar-refractivity contribution in [2.24, 2.45) is 5.10 Å². The van der Waals surface area contributed by atoms with Gasteiger partial charge in [0, 0.05) is 10.9 Å². The molecule has 0 unspecified atom stereocenters. The van der Waals surface area contributed by atoms with Crippen molar-refractivity contribution in [1.29, 1.82) is 0 Å². The average Bonchev–Trinajstić information content (AvgIpc) is 2.51. The molecule has 0 fully saturated rings. The van der Waals surface area contributed by atoms with Crippen LogP contribution in [0.3, 0.4) is 0 Å². The Morgan fingerprint density at radius 2 is 1.90 bits per heavy atom. The molecule has 21 heavy (non-hydrogen) atoms. The Kier molecular flexibility index (Phi) is 5.69. The lowest BCUT2D eigenvalue weighted by Gasteiger charge is -2.04. The van der Waals surface area contributed by atoms with E-state index in [1.807, 2.05) is 61.5 Å². The molecule has 1 N–H and O–H groups in total. The number of nitrogens with zero attached hydrogens (tertiary/aromatic N) is 1. The van der Waals surface area contributed by atoms with Crippen LogP contribution in [0.2, 0.25) is 0 Å². The zero-order valence-electron chi connectivity index (χ0n) is 11.8. The van der Waals surface area contributed by atoms with Crippen LogP contribution in [0.25, 0.3) is 0 Å². The number of amides is 1. The van der Waals surface area contributed by atoms with Crippen molar-refractivity contribution in [3.8, 4) is 0 Å². The smallest absolute Gasteiger partial charge is 0.240 e. The molecule has 0 radical (unpaired) electrons. The quantitative estimate of drug-likeness (QED) is 0.648. The van der Waals surface area contributed by atoms with Crippen LogP contribution in [0.4, 0.5) is 0 Å². The molecule has 0 saturated carbocycles. The highest BCUT2D eigenvalue weighted by Gasteiger charge is 2.02. The van der Waals surface area contributed by atoms with Gasteiger partial charge < -0.3 is 0 Å². The first-order chi connectivity index (χ1) is 10.1. The van der Waals surface area contributed by atoms with Gasteiger partial charge >= 0.3 is 0 Å². The average molecular weight is 345 g/mol. The summed E-state index contributed by atoms with van der Waals surface area (Å²) in [4.78, 5) is 11.8. The highest BCUT2D eigenvalue weighted by molar-refractivity contribution is 9.10. The molecule has 0 bridgehead atoms. The van der Waals surface area contributed by atoms with Crippen LogP contribution in [0.5, 0.6) is 0 Å². The van der Waals surface area contributed by atoms with Gasteiger partial charge in [-0.3, -0.25) is 4.79 Å². The minimum Gasteiger partial charge on any atom is -0.273 e. The molecule has 108 valence electrons. The summed E-state index contributed by atoms with van der Waals surface area (Å²) in [5.41, 5.74) is 5.52. The van der Waals surface area contributed by atoms with Crippen LogP contribution in [0.1, 0.15) is 24.5 Å². The molecule has 0 spiro atoms. The van der Waals surface area contributed by atoms with E-state index in [1.165, 1.54) is 0 Å². The third kappa shape index (κ3) is 5.16. The van der Waals surface area contributed by atoms with Crippen LogP contribution in [-0.2, 0) is 11.2 Å². The number of carbonyl (C=O) groups is 1. The fourth-order valence-corrected chi connectivity index (χ4v) is 2.28. The van der Waals surface area contributed by atoms with E-state index in [0.717, 1.165) is 27.7 Å². The second kappa shape index (κ2) is 7.74. The van der Waals surface area contributed by atoms with Crippen LogP contribution in [0, 0.1) is 0 Å². The summed E-state index contributed by atoms with van der Waals surface area (Å²) >= 11 is 3.42. The van der Waals surface area contributed by atoms with Gasteiger partial charge in [0.05, 0.1) is 5.71 Å². The van der Waals surface area contributed by atoms with Crippen LogP contribution in [-0.4, -0.2) is 11.6 Å². The third-order valence-corrected chi connectivity index (χ3v) is 3.57. The number of hydrazone groups is 1. The second-order valence-corrected chi connectivity index (χ2v) is 5.64. The maximum Gasteiger partial charge on any atom is 0.240 e. The molecule has 0 aliphatic carbocycles. The Labute approximate surface area is 133 Å². The maximum atomic E-state index is 11.8. The van der Waals surface area contributed by atoms with Crippen LogP contribution in [0.15, 0.2) is 64.2 Å². The van der Waals surface area contributed by atoms with E-state index in [9.17, 15) is 4.79 Å². The monoisotopic (exact) mass is 344 g/mol. The Morgan fingerprint density at radius 3 is 2.62 bits per heavy atom. The number of aryl methyl sites for hydroxylation is 1. The van der Waals surface area contributed by atoms with Crippen molar-refractivity contribution in [3.63, 3.8) is 0 Å². The standard InChI is InChI=1S/C17H17BrN2O/c1-13(15-8-5-9-16(18)12-15)19-20-17(21)11-10-14-6-3-2-4-7-14/h2-9,12H,10-11H2,1H3,(H,20,21)/b19-13+. The molecule has 3 nitrogen and oxygen atoms in total. The van der Waals surface area contributed by atoms with Crippen molar-refractivity contribution < 1.29 is 4.79 Å². The molecule has 4 heteroatoms. The Balaban J connectivity index is 1.87. The molecule has 0 aromatic heterocycles. The van der Waals surface area contributed by atoms with E-state index < -0.39 is 0 Å². The first-order valence-corrected chi connectivity index (χ1v) is 7.57. The van der Waals surface area contributed by atoms with E-state index in [4.69, 9.17) is 0 Å². The zero-order chi connectivity index (χ0) is 15.1. The van der Waals surface area contributed by atoms with Gasteiger partial charge in [0.1, 0.15) is 0 Å². The lowest BCUT2D eigenvalue weighted by Crippen LogP contribution is -2.19. The molecule has 2 rings (SSSR count). The van der Waals surface area contributed by atoms with Crippen LogP contribution >= 0.6 is 15.9 Å². The van der Waals surface area contributed by atoms with Gasteiger partial charge in [-0.15, -0.1) is 0 Å². The topological polar surface area (TPSA) is 41.5 Å². The molecule has 0 heterocycles. The van der Waals surface area contributed by atoms with E-state index in [-0.39, 0.29) is 5.91 Å². The molecular weight excluding hydrogens is 328 g/mol. The second-order valence-electron chi connectivity index (χ2n) is 4.73. The molecule has 2 aromatic rings. The van der Waals surface area contributed by atoms with E-state index in [2.05, 4.69) is 26.5 Å². The molecule has 1 amide bonds. The molecule has 0 aliphatic rings. The summed E-state index contributed by atoms with van der Waals surface area (Å²) in [7, 11) is 0. The van der Waals surface area contributed by atoms with Gasteiger partial charge in [0.2, 0.25) is 5.91 Å².